The van der Waals surface area contributed by atoms with E-state index >= 15 is 0 Å². The van der Waals surface area contributed by atoms with E-state index in [4.69, 9.17) is 9.73 Å². The van der Waals surface area contributed by atoms with Gasteiger partial charge in [-0.05, 0) is 63.2 Å². The smallest absolute Gasteiger partial charge is 0.147 e. The van der Waals surface area contributed by atoms with Crippen molar-refractivity contribution in [2.75, 3.05) is 13.2 Å². The van der Waals surface area contributed by atoms with Crippen molar-refractivity contribution < 1.29 is 4.74 Å². The molecule has 1 N–H and O–H groups in total. The lowest BCUT2D eigenvalue weighted by Gasteiger charge is -2.31. The van der Waals surface area contributed by atoms with E-state index in [1.165, 1.54) is 44.9 Å². The Kier molecular flexibility index (Phi) is 4.05. The van der Waals surface area contributed by atoms with Gasteiger partial charge >= 0.3 is 0 Å². The monoisotopic (exact) mass is 308 g/mol. The summed E-state index contributed by atoms with van der Waals surface area (Å²) in [5.41, 5.74) is 0.305. The highest BCUT2D eigenvalue weighted by Crippen LogP contribution is 2.46. The van der Waals surface area contributed by atoms with E-state index in [1.54, 1.807) is 0 Å². The summed E-state index contributed by atoms with van der Waals surface area (Å²) in [5, 5.41) is 3.84. The van der Waals surface area contributed by atoms with E-state index in [1.807, 2.05) is 11.8 Å². The Morgan fingerprint density at radius 3 is 2.81 bits per heavy atom. The topological polar surface area (TPSA) is 33.6 Å². The summed E-state index contributed by atoms with van der Waals surface area (Å²) in [6, 6.07) is 0.740. The molecule has 4 aliphatic rings. The lowest BCUT2D eigenvalue weighted by Crippen LogP contribution is -2.39. The summed E-state index contributed by atoms with van der Waals surface area (Å²) in [7, 11) is 0. The molecule has 2 unspecified atom stereocenters. The standard InChI is InChI=1S/C17H28N2OS/c1-17(10-12-4-6-20-7-5-12)11-18-16(21-17)19-15-9-13-2-3-14(15)8-13/h11-16,19H,2-10H2,1H3/t13-,14+,15?,16?,17-/m1/s1. The molecule has 2 aliphatic carbocycles. The van der Waals surface area contributed by atoms with E-state index in [-0.39, 0.29) is 4.75 Å². The molecule has 2 heterocycles. The number of thioether (sulfide) groups is 1. The predicted molar refractivity (Wildman–Crippen MR) is 88.8 cm³/mol. The fourth-order valence-electron chi connectivity index (χ4n) is 4.87. The van der Waals surface area contributed by atoms with E-state index in [9.17, 15) is 0 Å². The van der Waals surface area contributed by atoms with Crippen LogP contribution in [0, 0.1) is 17.8 Å². The van der Waals surface area contributed by atoms with E-state index in [2.05, 4.69) is 18.5 Å². The third-order valence-corrected chi connectivity index (χ3v) is 7.29. The predicted octanol–water partition coefficient (Wildman–Crippen LogP) is 3.44. The van der Waals surface area contributed by atoms with Crippen LogP contribution in [0.25, 0.3) is 0 Å². The first-order valence-electron chi connectivity index (χ1n) is 8.76. The zero-order valence-electron chi connectivity index (χ0n) is 13.1. The molecule has 0 aromatic carbocycles. The number of hydrogen-bond acceptors (Lipinski definition) is 4. The quantitative estimate of drug-likeness (QED) is 0.864. The first kappa shape index (κ1) is 14.5. The van der Waals surface area contributed by atoms with E-state index < -0.39 is 0 Å². The number of nitrogens with zero attached hydrogens (tertiary/aromatic N) is 1. The average molecular weight is 308 g/mol. The molecule has 21 heavy (non-hydrogen) atoms. The second-order valence-electron chi connectivity index (χ2n) is 7.77. The van der Waals surface area contributed by atoms with Crippen LogP contribution in [0.5, 0.6) is 0 Å². The van der Waals surface area contributed by atoms with Gasteiger partial charge in [0, 0.05) is 25.5 Å². The minimum Gasteiger partial charge on any atom is -0.381 e. The Balaban J connectivity index is 1.29. The Morgan fingerprint density at radius 2 is 2.10 bits per heavy atom. The van der Waals surface area contributed by atoms with E-state index in [0.29, 0.717) is 5.50 Å². The maximum atomic E-state index is 5.48. The first-order chi connectivity index (χ1) is 10.2. The Bertz CT molecular complexity index is 410. The van der Waals surface area contributed by atoms with Crippen LogP contribution in [0.15, 0.2) is 4.99 Å². The van der Waals surface area contributed by atoms with Gasteiger partial charge in [0.25, 0.3) is 0 Å². The molecule has 2 saturated carbocycles. The van der Waals surface area contributed by atoms with Crippen molar-refractivity contribution in [3.05, 3.63) is 0 Å². The van der Waals surface area contributed by atoms with Gasteiger partial charge in [-0.3, -0.25) is 10.3 Å². The number of aliphatic imine (C=N–C) groups is 1. The molecule has 5 atom stereocenters. The Morgan fingerprint density at radius 1 is 1.24 bits per heavy atom. The van der Waals surface area contributed by atoms with Gasteiger partial charge in [-0.15, -0.1) is 11.8 Å². The van der Waals surface area contributed by atoms with Gasteiger partial charge in [-0.1, -0.05) is 6.42 Å². The zero-order chi connectivity index (χ0) is 14.3. The number of fused-ring (bicyclic) bond motifs is 2. The van der Waals surface area contributed by atoms with Crippen LogP contribution in [0.1, 0.15) is 51.9 Å². The van der Waals surface area contributed by atoms with E-state index in [0.717, 1.165) is 37.0 Å². The summed E-state index contributed by atoms with van der Waals surface area (Å²) >= 11 is 2.05. The second-order valence-corrected chi connectivity index (χ2v) is 9.38. The Labute approximate surface area is 132 Å². The van der Waals surface area contributed by atoms with Gasteiger partial charge in [-0.25, -0.2) is 0 Å². The normalized spacial score (nSPS) is 46.5. The molecular formula is C17H28N2OS. The number of hydrogen-bond donors (Lipinski definition) is 1. The van der Waals surface area contributed by atoms with Crippen molar-refractivity contribution in [3.63, 3.8) is 0 Å². The van der Waals surface area contributed by atoms with Gasteiger partial charge in [0.2, 0.25) is 0 Å². The van der Waals surface area contributed by atoms with Gasteiger partial charge < -0.3 is 4.74 Å². The summed E-state index contributed by atoms with van der Waals surface area (Å²) in [5.74, 6) is 2.77. The van der Waals surface area contributed by atoms with Gasteiger partial charge in [-0.2, -0.15) is 0 Å². The van der Waals surface area contributed by atoms with Crippen LogP contribution in [0.2, 0.25) is 0 Å². The first-order valence-corrected chi connectivity index (χ1v) is 9.64. The molecule has 4 heteroatoms. The second kappa shape index (κ2) is 5.86. The van der Waals surface area contributed by atoms with Crippen LogP contribution >= 0.6 is 11.8 Å². The molecule has 3 nitrogen and oxygen atoms in total. The minimum atomic E-state index is 0.233. The average Bonchev–Trinajstić information content (AvgIpc) is 3.16. The molecule has 3 fully saturated rings. The highest BCUT2D eigenvalue weighted by Gasteiger charge is 2.42. The van der Waals surface area contributed by atoms with Crippen LogP contribution in [0.4, 0.5) is 0 Å². The molecule has 118 valence electrons. The fourth-order valence-corrected chi connectivity index (χ4v) is 6.20. The van der Waals surface area contributed by atoms with Gasteiger partial charge in [0.05, 0.1) is 4.75 Å². The molecular weight excluding hydrogens is 280 g/mol. The summed E-state index contributed by atoms with van der Waals surface area (Å²) in [4.78, 5) is 4.80. The van der Waals surface area contributed by atoms with Gasteiger partial charge in [0.1, 0.15) is 5.50 Å². The number of ether oxygens (including phenoxy) is 1. The number of rotatable bonds is 4. The highest BCUT2D eigenvalue weighted by atomic mass is 32.2. The molecule has 1 saturated heterocycles. The molecule has 4 rings (SSSR count). The van der Waals surface area contributed by atoms with Gasteiger partial charge in [0.15, 0.2) is 0 Å². The third-order valence-electron chi connectivity index (χ3n) is 5.99. The summed E-state index contributed by atoms with van der Waals surface area (Å²) < 4.78 is 5.72. The maximum Gasteiger partial charge on any atom is 0.147 e. The maximum absolute atomic E-state index is 5.48. The highest BCUT2D eigenvalue weighted by molar-refractivity contribution is 8.02. The fraction of sp³-hybridized carbons (Fsp3) is 0.941. The lowest BCUT2D eigenvalue weighted by atomic mass is 9.90. The van der Waals surface area contributed by atoms with Crippen molar-refractivity contribution in [1.29, 1.82) is 0 Å². The van der Waals surface area contributed by atoms with Crippen molar-refractivity contribution in [2.24, 2.45) is 22.7 Å². The molecule has 0 radical (unpaired) electrons. The zero-order valence-corrected chi connectivity index (χ0v) is 13.9. The van der Waals surface area contributed by atoms with Crippen molar-refractivity contribution >= 4 is 18.0 Å². The number of nitrogens with one attached hydrogen (secondary N) is 1. The Hall–Kier alpha value is -0.0600. The molecule has 0 spiro atoms. The lowest BCUT2D eigenvalue weighted by molar-refractivity contribution is 0.0631. The largest absolute Gasteiger partial charge is 0.381 e. The molecule has 0 amide bonds. The summed E-state index contributed by atoms with van der Waals surface area (Å²) in [6.07, 6.45) is 11.8. The van der Waals surface area contributed by atoms with Crippen LogP contribution in [-0.2, 0) is 4.74 Å². The van der Waals surface area contributed by atoms with Crippen molar-refractivity contribution in [1.82, 2.24) is 5.32 Å². The van der Waals surface area contributed by atoms with Crippen molar-refractivity contribution in [2.45, 2.75) is 68.2 Å². The van der Waals surface area contributed by atoms with Crippen molar-refractivity contribution in [3.8, 4) is 0 Å². The summed E-state index contributed by atoms with van der Waals surface area (Å²) in [6.45, 7) is 4.28. The van der Waals surface area contributed by atoms with Crippen LogP contribution in [-0.4, -0.2) is 35.7 Å². The SMILES string of the molecule is C[C@@]1(CC2CCOCC2)C=NC(NC2C[C@@H]3CC[C@H]2C3)S1. The van der Waals surface area contributed by atoms with Crippen LogP contribution < -0.4 is 5.32 Å². The minimum absolute atomic E-state index is 0.233. The molecule has 2 aliphatic heterocycles. The molecule has 0 aromatic heterocycles. The molecule has 0 aromatic rings. The van der Waals surface area contributed by atoms with Crippen LogP contribution in [0.3, 0.4) is 0 Å². The third kappa shape index (κ3) is 3.18. The molecule has 2 bridgehead atoms.